The Labute approximate surface area is 159 Å². The molecule has 2 fully saturated rings. The lowest BCUT2D eigenvalue weighted by Gasteiger charge is -2.37. The summed E-state index contributed by atoms with van der Waals surface area (Å²) in [5.41, 5.74) is 0.0628. The summed E-state index contributed by atoms with van der Waals surface area (Å²) < 4.78 is 11.6. The van der Waals surface area contributed by atoms with Gasteiger partial charge in [-0.1, -0.05) is 26.7 Å². The summed E-state index contributed by atoms with van der Waals surface area (Å²) in [5.74, 6) is 0.758. The van der Waals surface area contributed by atoms with E-state index in [9.17, 15) is 4.79 Å². The molecule has 6 heteroatoms. The van der Waals surface area contributed by atoms with Gasteiger partial charge in [0.1, 0.15) is 6.10 Å². The van der Waals surface area contributed by atoms with E-state index < -0.39 is 0 Å². The molecule has 3 unspecified atom stereocenters. The molecule has 1 saturated carbocycles. The third-order valence-corrected chi connectivity index (χ3v) is 5.66. The fourth-order valence-electron chi connectivity index (χ4n) is 4.10. The number of halogens is 1. The third-order valence-electron chi connectivity index (χ3n) is 5.66. The summed E-state index contributed by atoms with van der Waals surface area (Å²) in [7, 11) is 1.74. The van der Waals surface area contributed by atoms with Crippen LogP contribution in [0.5, 0.6) is 0 Å². The molecule has 1 aliphatic heterocycles. The van der Waals surface area contributed by atoms with Crippen LogP contribution in [0.2, 0.25) is 0 Å². The second-order valence-corrected chi connectivity index (χ2v) is 7.83. The van der Waals surface area contributed by atoms with E-state index in [1.165, 1.54) is 12.8 Å². The maximum absolute atomic E-state index is 12.6. The van der Waals surface area contributed by atoms with Crippen molar-refractivity contribution in [2.45, 2.75) is 71.0 Å². The van der Waals surface area contributed by atoms with Gasteiger partial charge in [0.25, 0.3) is 0 Å². The van der Waals surface area contributed by atoms with Gasteiger partial charge < -0.3 is 20.1 Å². The summed E-state index contributed by atoms with van der Waals surface area (Å²) in [5, 5.41) is 6.54. The number of carbonyl (C=O) groups is 1. The SMILES string of the molecule is CCC(OC1CCCC(C)C1)C(=O)NCC1(COC)CCNCC1.Cl. The highest BCUT2D eigenvalue weighted by Crippen LogP contribution is 2.29. The fraction of sp³-hybridized carbons (Fsp3) is 0.947. The number of hydrogen-bond donors (Lipinski definition) is 2. The molecular weight excluding hydrogens is 340 g/mol. The molecule has 0 spiro atoms. The number of carbonyl (C=O) groups excluding carboxylic acids is 1. The van der Waals surface area contributed by atoms with Crippen molar-refractivity contribution in [2.75, 3.05) is 33.4 Å². The molecule has 25 heavy (non-hydrogen) atoms. The molecule has 0 aromatic heterocycles. The molecule has 2 N–H and O–H groups in total. The minimum Gasteiger partial charge on any atom is -0.384 e. The average Bonchev–Trinajstić information content (AvgIpc) is 2.59. The molecule has 0 bridgehead atoms. The van der Waals surface area contributed by atoms with E-state index in [0.717, 1.165) is 45.2 Å². The Morgan fingerprint density at radius 2 is 2.04 bits per heavy atom. The summed E-state index contributed by atoms with van der Waals surface area (Å²) >= 11 is 0. The van der Waals surface area contributed by atoms with Gasteiger partial charge in [0.2, 0.25) is 5.91 Å². The molecule has 1 heterocycles. The molecule has 1 saturated heterocycles. The van der Waals surface area contributed by atoms with Gasteiger partial charge in [0, 0.05) is 19.1 Å². The largest absolute Gasteiger partial charge is 0.384 e. The smallest absolute Gasteiger partial charge is 0.249 e. The van der Waals surface area contributed by atoms with Gasteiger partial charge in [0.05, 0.1) is 12.7 Å². The zero-order valence-electron chi connectivity index (χ0n) is 16.1. The van der Waals surface area contributed by atoms with E-state index in [0.29, 0.717) is 19.1 Å². The van der Waals surface area contributed by atoms with Crippen LogP contribution in [0.1, 0.15) is 58.8 Å². The average molecular weight is 377 g/mol. The van der Waals surface area contributed by atoms with E-state index in [1.54, 1.807) is 7.11 Å². The van der Waals surface area contributed by atoms with Gasteiger partial charge >= 0.3 is 0 Å². The first-order valence-electron chi connectivity index (χ1n) is 9.71. The van der Waals surface area contributed by atoms with E-state index >= 15 is 0 Å². The first kappa shape index (κ1) is 22.7. The van der Waals surface area contributed by atoms with Crippen LogP contribution in [0.15, 0.2) is 0 Å². The molecule has 148 valence electrons. The van der Waals surface area contributed by atoms with Gasteiger partial charge in [-0.15, -0.1) is 12.4 Å². The third kappa shape index (κ3) is 7.05. The summed E-state index contributed by atoms with van der Waals surface area (Å²) in [6.07, 6.45) is 7.42. The van der Waals surface area contributed by atoms with Crippen molar-refractivity contribution in [1.82, 2.24) is 10.6 Å². The van der Waals surface area contributed by atoms with Gasteiger partial charge in [0.15, 0.2) is 0 Å². The minimum absolute atomic E-state index is 0. The Bertz CT molecular complexity index is 383. The van der Waals surface area contributed by atoms with Crippen LogP contribution in [0.4, 0.5) is 0 Å². The Hall–Kier alpha value is -0.360. The molecule has 0 radical (unpaired) electrons. The maximum Gasteiger partial charge on any atom is 0.249 e. The van der Waals surface area contributed by atoms with E-state index in [1.807, 2.05) is 6.92 Å². The molecule has 0 aromatic rings. The van der Waals surface area contributed by atoms with Crippen LogP contribution in [-0.2, 0) is 14.3 Å². The molecule has 2 rings (SSSR count). The standard InChI is InChI=1S/C19H36N2O3.ClH/c1-4-17(24-16-7-5-6-15(2)12-16)18(22)21-13-19(14-23-3)8-10-20-11-9-19;/h15-17,20H,4-14H2,1-3H3,(H,21,22);1H. The molecule has 2 aliphatic rings. The fourth-order valence-corrected chi connectivity index (χ4v) is 4.10. The molecule has 0 aromatic carbocycles. The van der Waals surface area contributed by atoms with E-state index in [-0.39, 0.29) is 35.9 Å². The van der Waals surface area contributed by atoms with Crippen molar-refractivity contribution in [2.24, 2.45) is 11.3 Å². The highest BCUT2D eigenvalue weighted by atomic mass is 35.5. The first-order valence-corrected chi connectivity index (χ1v) is 9.71. The lowest BCUT2D eigenvalue weighted by Crippen LogP contribution is -2.49. The second-order valence-electron chi connectivity index (χ2n) is 7.83. The van der Waals surface area contributed by atoms with Crippen LogP contribution in [0.3, 0.4) is 0 Å². The zero-order valence-corrected chi connectivity index (χ0v) is 17.0. The number of nitrogens with one attached hydrogen (secondary N) is 2. The zero-order chi connectivity index (χ0) is 17.4. The van der Waals surface area contributed by atoms with Crippen LogP contribution in [-0.4, -0.2) is 51.5 Å². The number of piperidine rings is 1. The summed E-state index contributed by atoms with van der Waals surface area (Å²) in [4.78, 5) is 12.6. The highest BCUT2D eigenvalue weighted by Gasteiger charge is 2.33. The van der Waals surface area contributed by atoms with E-state index in [2.05, 4.69) is 17.6 Å². The normalized spacial score (nSPS) is 27.2. The van der Waals surface area contributed by atoms with Gasteiger partial charge in [-0.25, -0.2) is 0 Å². The predicted octanol–water partition coefficient (Wildman–Crippen LogP) is 2.91. The number of hydrogen-bond acceptors (Lipinski definition) is 4. The van der Waals surface area contributed by atoms with Crippen molar-refractivity contribution in [3.63, 3.8) is 0 Å². The van der Waals surface area contributed by atoms with Crippen LogP contribution >= 0.6 is 12.4 Å². The monoisotopic (exact) mass is 376 g/mol. The van der Waals surface area contributed by atoms with Crippen molar-refractivity contribution in [3.8, 4) is 0 Å². The lowest BCUT2D eigenvalue weighted by molar-refractivity contribution is -0.139. The van der Waals surface area contributed by atoms with E-state index in [4.69, 9.17) is 9.47 Å². The summed E-state index contributed by atoms with van der Waals surface area (Å²) in [6.45, 7) is 7.68. The van der Waals surface area contributed by atoms with Gasteiger partial charge in [-0.3, -0.25) is 4.79 Å². The number of methoxy groups -OCH3 is 1. The van der Waals surface area contributed by atoms with Crippen LogP contribution < -0.4 is 10.6 Å². The van der Waals surface area contributed by atoms with Crippen molar-refractivity contribution >= 4 is 18.3 Å². The Morgan fingerprint density at radius 1 is 1.32 bits per heavy atom. The number of amides is 1. The quantitative estimate of drug-likeness (QED) is 0.683. The molecule has 5 nitrogen and oxygen atoms in total. The molecular formula is C19H37ClN2O3. The Kier molecular flexibility index (Phi) is 10.3. The van der Waals surface area contributed by atoms with Crippen molar-refractivity contribution in [3.05, 3.63) is 0 Å². The predicted molar refractivity (Wildman–Crippen MR) is 103 cm³/mol. The minimum atomic E-state index is -0.318. The second kappa shape index (κ2) is 11.4. The number of ether oxygens (including phenoxy) is 2. The van der Waals surface area contributed by atoms with Crippen molar-refractivity contribution < 1.29 is 14.3 Å². The van der Waals surface area contributed by atoms with Gasteiger partial charge in [-0.2, -0.15) is 0 Å². The van der Waals surface area contributed by atoms with Gasteiger partial charge in [-0.05, 0) is 51.1 Å². The van der Waals surface area contributed by atoms with Crippen LogP contribution in [0, 0.1) is 11.3 Å². The first-order chi connectivity index (χ1) is 11.6. The maximum atomic E-state index is 12.6. The Balaban J connectivity index is 0.00000312. The number of rotatable bonds is 8. The Morgan fingerprint density at radius 3 is 2.64 bits per heavy atom. The highest BCUT2D eigenvalue weighted by molar-refractivity contribution is 5.85. The van der Waals surface area contributed by atoms with Crippen molar-refractivity contribution in [1.29, 1.82) is 0 Å². The van der Waals surface area contributed by atoms with Crippen LogP contribution in [0.25, 0.3) is 0 Å². The molecule has 1 aliphatic carbocycles. The topological polar surface area (TPSA) is 59.6 Å². The summed E-state index contributed by atoms with van der Waals surface area (Å²) in [6, 6.07) is 0. The lowest BCUT2D eigenvalue weighted by atomic mass is 9.79. The molecule has 1 amide bonds. The molecule has 3 atom stereocenters.